The van der Waals surface area contributed by atoms with Crippen LogP contribution in [0.25, 0.3) is 11.1 Å². The summed E-state index contributed by atoms with van der Waals surface area (Å²) in [6.45, 7) is 0. The molecule has 0 saturated carbocycles. The Morgan fingerprint density at radius 3 is 2.52 bits per heavy atom. The van der Waals surface area contributed by atoms with Crippen molar-refractivity contribution in [3.8, 4) is 11.1 Å². The summed E-state index contributed by atoms with van der Waals surface area (Å²) in [6, 6.07) is 17.4. The van der Waals surface area contributed by atoms with Crippen molar-refractivity contribution < 1.29 is 4.39 Å². The summed E-state index contributed by atoms with van der Waals surface area (Å²) >= 11 is 1.49. The third kappa shape index (κ3) is 4.32. The molecule has 4 nitrogen and oxygen atoms in total. The Balaban J connectivity index is 1.85. The lowest BCUT2D eigenvalue weighted by atomic mass is 9.83. The van der Waals surface area contributed by atoms with Gasteiger partial charge in [-0.2, -0.15) is 4.39 Å². The molecule has 0 radical (unpaired) electrons. The fourth-order valence-corrected chi connectivity index (χ4v) is 3.80. The zero-order chi connectivity index (χ0) is 20.1. The molecule has 0 N–H and O–H groups in total. The van der Waals surface area contributed by atoms with E-state index in [0.29, 0.717) is 17.1 Å². The summed E-state index contributed by atoms with van der Waals surface area (Å²) in [5, 5.41) is 0.702. The van der Waals surface area contributed by atoms with Gasteiger partial charge < -0.3 is 0 Å². The van der Waals surface area contributed by atoms with Crippen molar-refractivity contribution in [1.82, 2.24) is 19.9 Å². The molecule has 1 aromatic carbocycles. The number of nitrogens with zero attached hydrogens (tertiary/aromatic N) is 4. The van der Waals surface area contributed by atoms with Crippen LogP contribution in [0.15, 0.2) is 84.5 Å². The van der Waals surface area contributed by atoms with E-state index in [1.165, 1.54) is 18.0 Å². The minimum atomic E-state index is -0.461. The van der Waals surface area contributed by atoms with Crippen molar-refractivity contribution in [2.75, 3.05) is 6.26 Å². The first kappa shape index (κ1) is 19.2. The van der Waals surface area contributed by atoms with Crippen LogP contribution in [0.4, 0.5) is 4.39 Å². The Morgan fingerprint density at radius 1 is 0.897 bits per heavy atom. The van der Waals surface area contributed by atoms with Gasteiger partial charge in [-0.3, -0.25) is 4.98 Å². The molecule has 0 saturated heterocycles. The van der Waals surface area contributed by atoms with E-state index in [-0.39, 0.29) is 5.92 Å². The summed E-state index contributed by atoms with van der Waals surface area (Å²) in [5.74, 6) is -0.706. The zero-order valence-corrected chi connectivity index (χ0v) is 16.7. The second-order valence-electron chi connectivity index (χ2n) is 6.50. The number of halogens is 1. The van der Waals surface area contributed by atoms with Crippen LogP contribution in [-0.4, -0.2) is 26.2 Å². The molecule has 3 heterocycles. The van der Waals surface area contributed by atoms with E-state index in [1.54, 1.807) is 24.5 Å². The van der Waals surface area contributed by atoms with Gasteiger partial charge in [0.05, 0.1) is 0 Å². The summed E-state index contributed by atoms with van der Waals surface area (Å²) < 4.78 is 14.7. The van der Waals surface area contributed by atoms with Gasteiger partial charge in [0.25, 0.3) is 0 Å². The van der Waals surface area contributed by atoms with Crippen molar-refractivity contribution in [1.29, 1.82) is 0 Å². The highest BCUT2D eigenvalue weighted by Gasteiger charge is 2.23. The van der Waals surface area contributed by atoms with E-state index in [0.717, 1.165) is 22.4 Å². The average molecular weight is 402 g/mol. The van der Waals surface area contributed by atoms with Gasteiger partial charge in [-0.25, -0.2) is 15.0 Å². The van der Waals surface area contributed by atoms with E-state index >= 15 is 0 Å². The molecule has 144 valence electrons. The Hall–Kier alpha value is -3.12. The van der Waals surface area contributed by atoms with E-state index in [1.807, 2.05) is 54.9 Å². The highest BCUT2D eigenvalue weighted by atomic mass is 32.2. The Kier molecular flexibility index (Phi) is 5.91. The first-order chi connectivity index (χ1) is 14.3. The van der Waals surface area contributed by atoms with Gasteiger partial charge in [-0.15, -0.1) is 0 Å². The van der Waals surface area contributed by atoms with Crippen LogP contribution in [0.3, 0.4) is 0 Å². The fraction of sp³-hybridized carbons (Fsp3) is 0.130. The maximum atomic E-state index is 14.7. The van der Waals surface area contributed by atoms with Crippen LogP contribution < -0.4 is 0 Å². The van der Waals surface area contributed by atoms with Gasteiger partial charge in [0.1, 0.15) is 0 Å². The average Bonchev–Trinajstić information content (AvgIpc) is 2.79. The minimum Gasteiger partial charge on any atom is -0.264 e. The Bertz CT molecular complexity index is 1100. The standard InChI is InChI=1S/C23H19FN4S/c1-29-23-27-13-10-17(28-23)14-21(20-9-5-12-26-22(20)24)19-8-3-2-7-18(19)16-6-4-11-25-15-16/h2-13,15,21H,14H2,1H3. The quantitative estimate of drug-likeness (QED) is 0.253. The molecule has 29 heavy (non-hydrogen) atoms. The van der Waals surface area contributed by atoms with Gasteiger partial charge in [0.15, 0.2) is 5.16 Å². The number of thioether (sulfide) groups is 1. The van der Waals surface area contributed by atoms with Gasteiger partial charge >= 0.3 is 0 Å². The summed E-state index contributed by atoms with van der Waals surface area (Å²) in [7, 11) is 0. The number of aromatic nitrogens is 4. The Morgan fingerprint density at radius 2 is 1.72 bits per heavy atom. The van der Waals surface area contributed by atoms with Crippen molar-refractivity contribution in [3.05, 3.63) is 102 Å². The fourth-order valence-electron chi connectivity index (χ4n) is 3.43. The normalized spacial score (nSPS) is 11.9. The molecule has 0 fully saturated rings. The van der Waals surface area contributed by atoms with Gasteiger partial charge in [0, 0.05) is 53.9 Å². The molecule has 0 amide bonds. The molecule has 0 aliphatic heterocycles. The topological polar surface area (TPSA) is 51.6 Å². The van der Waals surface area contributed by atoms with Gasteiger partial charge in [-0.05, 0) is 35.6 Å². The van der Waals surface area contributed by atoms with Crippen molar-refractivity contribution >= 4 is 11.8 Å². The molecular formula is C23H19FN4S. The molecular weight excluding hydrogens is 383 g/mol. The van der Waals surface area contributed by atoms with E-state index in [9.17, 15) is 4.39 Å². The van der Waals surface area contributed by atoms with Crippen LogP contribution in [0.5, 0.6) is 0 Å². The first-order valence-corrected chi connectivity index (χ1v) is 10.4. The summed E-state index contributed by atoms with van der Waals surface area (Å²) in [4.78, 5) is 17.0. The van der Waals surface area contributed by atoms with Crippen LogP contribution in [0, 0.1) is 5.95 Å². The van der Waals surface area contributed by atoms with Crippen LogP contribution in [0.2, 0.25) is 0 Å². The number of benzene rings is 1. The van der Waals surface area contributed by atoms with Crippen LogP contribution >= 0.6 is 11.8 Å². The first-order valence-electron chi connectivity index (χ1n) is 9.22. The third-order valence-corrected chi connectivity index (χ3v) is 5.32. The second-order valence-corrected chi connectivity index (χ2v) is 7.28. The lowest BCUT2D eigenvalue weighted by Crippen LogP contribution is -2.11. The largest absolute Gasteiger partial charge is 0.264 e. The van der Waals surface area contributed by atoms with Gasteiger partial charge in [-0.1, -0.05) is 48.2 Å². The molecule has 1 atom stereocenters. The van der Waals surface area contributed by atoms with E-state index in [2.05, 4.69) is 19.9 Å². The zero-order valence-electron chi connectivity index (χ0n) is 15.9. The monoisotopic (exact) mass is 402 g/mol. The minimum absolute atomic E-state index is 0.246. The van der Waals surface area contributed by atoms with Crippen LogP contribution in [-0.2, 0) is 6.42 Å². The van der Waals surface area contributed by atoms with Crippen molar-refractivity contribution in [3.63, 3.8) is 0 Å². The molecule has 0 aliphatic rings. The van der Waals surface area contributed by atoms with Gasteiger partial charge in [0.2, 0.25) is 5.95 Å². The molecule has 0 aliphatic carbocycles. The Labute approximate surface area is 173 Å². The highest BCUT2D eigenvalue weighted by Crippen LogP contribution is 2.36. The number of hydrogen-bond acceptors (Lipinski definition) is 5. The second kappa shape index (κ2) is 8.92. The maximum absolute atomic E-state index is 14.7. The number of rotatable bonds is 6. The number of pyridine rings is 2. The molecule has 0 bridgehead atoms. The smallest absolute Gasteiger partial charge is 0.216 e. The predicted molar refractivity (Wildman–Crippen MR) is 113 cm³/mol. The number of hydrogen-bond donors (Lipinski definition) is 0. The van der Waals surface area contributed by atoms with Crippen LogP contribution in [0.1, 0.15) is 22.7 Å². The molecule has 4 rings (SSSR count). The maximum Gasteiger partial charge on any atom is 0.216 e. The molecule has 6 heteroatoms. The summed E-state index contributed by atoms with van der Waals surface area (Å²) in [5.41, 5.74) is 4.43. The van der Waals surface area contributed by atoms with Crippen molar-refractivity contribution in [2.24, 2.45) is 0 Å². The van der Waals surface area contributed by atoms with Crippen molar-refractivity contribution in [2.45, 2.75) is 17.5 Å². The lowest BCUT2D eigenvalue weighted by Gasteiger charge is -2.21. The SMILES string of the molecule is CSc1nccc(CC(c2ccccc2-c2cccnc2)c2cccnc2F)n1. The lowest BCUT2D eigenvalue weighted by molar-refractivity contribution is 0.553. The highest BCUT2D eigenvalue weighted by molar-refractivity contribution is 7.98. The van der Waals surface area contributed by atoms with E-state index in [4.69, 9.17) is 0 Å². The molecule has 0 spiro atoms. The molecule has 1 unspecified atom stereocenters. The predicted octanol–water partition coefficient (Wildman–Crippen LogP) is 5.17. The molecule has 3 aromatic heterocycles. The summed E-state index contributed by atoms with van der Waals surface area (Å²) in [6.07, 6.45) is 9.27. The third-order valence-electron chi connectivity index (χ3n) is 4.76. The van der Waals surface area contributed by atoms with E-state index < -0.39 is 5.95 Å². The molecule has 4 aromatic rings.